The van der Waals surface area contributed by atoms with Crippen molar-refractivity contribution in [1.82, 2.24) is 0 Å². The van der Waals surface area contributed by atoms with Crippen molar-refractivity contribution in [2.75, 3.05) is 0 Å². The van der Waals surface area contributed by atoms with E-state index in [2.05, 4.69) is 0 Å². The number of benzene rings is 1. The van der Waals surface area contributed by atoms with Crippen molar-refractivity contribution in [3.8, 4) is 5.75 Å². The average Bonchev–Trinajstić information content (AvgIpc) is 2.25. The summed E-state index contributed by atoms with van der Waals surface area (Å²) in [5.74, 6) is -0.846. The maximum absolute atomic E-state index is 12.9. The molecule has 0 aliphatic carbocycles. The number of halogens is 5. The van der Waals surface area contributed by atoms with Crippen LogP contribution >= 0.6 is 10.2 Å². The molecule has 0 bridgehead atoms. The number of hydrogen-bond donors (Lipinski definition) is 0. The normalized spacial score (nSPS) is 19.2. The lowest BCUT2D eigenvalue weighted by atomic mass is 10.0. The van der Waals surface area contributed by atoms with E-state index in [0.717, 1.165) is 12.1 Å². The van der Waals surface area contributed by atoms with Gasteiger partial charge in [-0.25, -0.2) is 0 Å². The molecule has 1 rings (SSSR count). The largest absolute Gasteiger partial charge is 0.489 e. The van der Waals surface area contributed by atoms with E-state index in [1.54, 1.807) is 13.8 Å². The van der Waals surface area contributed by atoms with Gasteiger partial charge in [-0.2, -0.15) is 0 Å². The van der Waals surface area contributed by atoms with Crippen LogP contribution in [-0.4, -0.2) is 6.10 Å². The lowest BCUT2D eigenvalue weighted by Crippen LogP contribution is -2.22. The topological polar surface area (TPSA) is 9.23 Å². The Labute approximate surface area is 109 Å². The molecule has 1 aromatic rings. The van der Waals surface area contributed by atoms with Gasteiger partial charge in [-0.1, -0.05) is 51.8 Å². The molecule has 0 spiro atoms. The summed E-state index contributed by atoms with van der Waals surface area (Å²) < 4.78 is 69.4. The summed E-state index contributed by atoms with van der Waals surface area (Å²) in [5.41, 5.74) is 0. The number of hydrogen-bond acceptors (Lipinski definition) is 1. The second kappa shape index (κ2) is 4.26. The minimum atomic E-state index is -9.73. The Hall–Kier alpha value is -0.980. The summed E-state index contributed by atoms with van der Waals surface area (Å²) in [6, 6.07) is 3.45. The van der Waals surface area contributed by atoms with Gasteiger partial charge in [-0.15, -0.1) is 0 Å². The molecule has 19 heavy (non-hydrogen) atoms. The molecule has 0 aliphatic heterocycles. The molecule has 0 radical (unpaired) electrons. The maximum atomic E-state index is 12.9. The molecule has 0 aliphatic rings. The predicted octanol–water partition coefficient (Wildman–Crippen LogP) is 6.16. The van der Waals surface area contributed by atoms with Gasteiger partial charge < -0.3 is 4.74 Å². The first-order chi connectivity index (χ1) is 8.35. The fraction of sp³-hybridized carbons (Fsp3) is 0.500. The lowest BCUT2D eigenvalue weighted by Gasteiger charge is -2.41. The van der Waals surface area contributed by atoms with Crippen molar-refractivity contribution in [3.63, 3.8) is 0 Å². The molecule has 0 saturated heterocycles. The summed E-state index contributed by atoms with van der Waals surface area (Å²) in [4.78, 5) is -1.96. The van der Waals surface area contributed by atoms with Gasteiger partial charge in [0.15, 0.2) is 0 Å². The summed E-state index contributed by atoms with van der Waals surface area (Å²) in [7, 11) is -9.73. The van der Waals surface area contributed by atoms with E-state index in [9.17, 15) is 19.4 Å². The van der Waals surface area contributed by atoms with Crippen molar-refractivity contribution in [3.05, 3.63) is 24.3 Å². The van der Waals surface area contributed by atoms with Gasteiger partial charge in [-0.3, -0.25) is 0 Å². The third-order valence-corrected chi connectivity index (χ3v) is 4.19. The Morgan fingerprint density at radius 1 is 1.05 bits per heavy atom. The Morgan fingerprint density at radius 3 is 2.05 bits per heavy atom. The van der Waals surface area contributed by atoms with E-state index in [-0.39, 0.29) is 5.92 Å². The second-order valence-corrected chi connectivity index (χ2v) is 7.00. The molecule has 0 heterocycles. The summed E-state index contributed by atoms with van der Waals surface area (Å²) >= 11 is 0. The van der Waals surface area contributed by atoms with Crippen LogP contribution in [0.4, 0.5) is 19.4 Å². The quantitative estimate of drug-likeness (QED) is 0.592. The molecular weight excluding hydrogens is 287 g/mol. The molecule has 0 aromatic heterocycles. The van der Waals surface area contributed by atoms with Crippen LogP contribution in [0.25, 0.3) is 0 Å². The highest BCUT2D eigenvalue weighted by molar-refractivity contribution is 8.45. The number of ether oxygens (including phenoxy) is 1. The summed E-state index contributed by atoms with van der Waals surface area (Å²) in [6.45, 7) is 5.20. The van der Waals surface area contributed by atoms with Gasteiger partial charge in [0.25, 0.3) is 0 Å². The molecule has 1 nitrogen and oxygen atoms in total. The van der Waals surface area contributed by atoms with Crippen molar-refractivity contribution in [1.29, 1.82) is 0 Å². The molecule has 1 aromatic carbocycles. The van der Waals surface area contributed by atoms with E-state index in [1.165, 1.54) is 6.07 Å². The van der Waals surface area contributed by atoms with Gasteiger partial charge >= 0.3 is 10.2 Å². The van der Waals surface area contributed by atoms with Crippen molar-refractivity contribution < 1.29 is 24.2 Å². The minimum Gasteiger partial charge on any atom is -0.489 e. The zero-order valence-electron chi connectivity index (χ0n) is 10.9. The highest BCUT2D eigenvalue weighted by Gasteiger charge is 2.67. The zero-order valence-corrected chi connectivity index (χ0v) is 11.7. The molecule has 0 saturated carbocycles. The molecule has 2 unspecified atom stereocenters. The SMILES string of the molecule is CCC(C)C(C)Oc1ccccc1S(F)(F)(F)(F)F. The van der Waals surface area contributed by atoms with Gasteiger partial charge in [0.2, 0.25) is 0 Å². The molecule has 0 fully saturated rings. The lowest BCUT2D eigenvalue weighted by molar-refractivity contribution is 0.152. The summed E-state index contributed by atoms with van der Waals surface area (Å²) in [5, 5.41) is 0. The van der Waals surface area contributed by atoms with E-state index >= 15 is 0 Å². The van der Waals surface area contributed by atoms with Crippen LogP contribution in [0.5, 0.6) is 5.75 Å². The molecule has 0 N–H and O–H groups in total. The van der Waals surface area contributed by atoms with Gasteiger partial charge in [0.05, 0.1) is 6.10 Å². The van der Waals surface area contributed by atoms with E-state index in [4.69, 9.17) is 4.74 Å². The molecule has 7 heteroatoms. The van der Waals surface area contributed by atoms with E-state index < -0.39 is 27.0 Å². The number of rotatable bonds is 5. The Balaban J connectivity index is 3.20. The van der Waals surface area contributed by atoms with Crippen LogP contribution in [0.3, 0.4) is 0 Å². The standard InChI is InChI=1S/C12H17F5OS/c1-4-9(2)10(3)18-11-7-5-6-8-12(11)19(13,14,15,16)17/h5-10H,4H2,1-3H3. The van der Waals surface area contributed by atoms with Crippen LogP contribution < -0.4 is 4.74 Å². The molecule has 2 atom stereocenters. The smallest absolute Gasteiger partial charge is 0.313 e. The molecular formula is C12H17F5OS. The fourth-order valence-electron chi connectivity index (χ4n) is 1.51. The van der Waals surface area contributed by atoms with E-state index in [0.29, 0.717) is 12.5 Å². The minimum absolute atomic E-state index is 0.0356. The van der Waals surface area contributed by atoms with Gasteiger partial charge in [0, 0.05) is 0 Å². The second-order valence-electron chi connectivity index (χ2n) is 4.62. The highest BCUT2D eigenvalue weighted by Crippen LogP contribution is 3.03. The average molecular weight is 304 g/mol. The first kappa shape index (κ1) is 16.1. The fourth-order valence-corrected chi connectivity index (χ4v) is 2.35. The van der Waals surface area contributed by atoms with Crippen molar-refractivity contribution in [2.45, 2.75) is 38.2 Å². The van der Waals surface area contributed by atoms with Crippen molar-refractivity contribution in [2.24, 2.45) is 5.92 Å². The molecule has 0 amide bonds. The Bertz CT molecular complexity index is 456. The predicted molar refractivity (Wildman–Crippen MR) is 67.4 cm³/mol. The van der Waals surface area contributed by atoms with Crippen LogP contribution in [0.15, 0.2) is 29.2 Å². The first-order valence-corrected chi connectivity index (χ1v) is 7.80. The zero-order chi connectivity index (χ0) is 15.0. The molecule has 112 valence electrons. The third kappa shape index (κ3) is 4.26. The maximum Gasteiger partial charge on any atom is 0.313 e. The monoisotopic (exact) mass is 304 g/mol. The van der Waals surface area contributed by atoms with Gasteiger partial charge in [-0.05, 0) is 25.0 Å². The van der Waals surface area contributed by atoms with Gasteiger partial charge in [0.1, 0.15) is 10.6 Å². The van der Waals surface area contributed by atoms with E-state index in [1.807, 2.05) is 6.92 Å². The third-order valence-electron chi connectivity index (χ3n) is 3.02. The Morgan fingerprint density at radius 2 is 1.58 bits per heavy atom. The highest BCUT2D eigenvalue weighted by atomic mass is 32.5. The Kier molecular flexibility index (Phi) is 3.60. The van der Waals surface area contributed by atoms with Crippen LogP contribution in [0.2, 0.25) is 0 Å². The number of para-hydroxylation sites is 1. The van der Waals surface area contributed by atoms with Crippen LogP contribution in [0, 0.1) is 5.92 Å². The van der Waals surface area contributed by atoms with Crippen molar-refractivity contribution >= 4 is 10.2 Å². The summed E-state index contributed by atoms with van der Waals surface area (Å²) in [6.07, 6.45) is 0.103. The van der Waals surface area contributed by atoms with Crippen LogP contribution in [0.1, 0.15) is 27.2 Å². The van der Waals surface area contributed by atoms with Crippen LogP contribution in [-0.2, 0) is 0 Å². The first-order valence-electron chi connectivity index (χ1n) is 5.85.